The number of amides is 1. The standard InChI is InChI=1S/C9H7BrF2N2O3S/c10-5-1-2-13-7(3-5)18(16,17)14-8(15)6-4-9(6,11)12/h1-3,6H,4H2,(H,14,15). The normalized spacial score (nSPS) is 21.4. The van der Waals surface area contributed by atoms with Crippen LogP contribution in [0.25, 0.3) is 0 Å². The molecule has 0 bridgehead atoms. The third kappa shape index (κ3) is 2.66. The Hall–Kier alpha value is -1.09. The third-order valence-electron chi connectivity index (χ3n) is 2.35. The van der Waals surface area contributed by atoms with E-state index in [1.807, 2.05) is 0 Å². The van der Waals surface area contributed by atoms with Crippen molar-refractivity contribution in [1.29, 1.82) is 0 Å². The number of rotatable bonds is 3. The molecule has 2 rings (SSSR count). The summed E-state index contributed by atoms with van der Waals surface area (Å²) in [7, 11) is -4.21. The monoisotopic (exact) mass is 340 g/mol. The van der Waals surface area contributed by atoms with Crippen LogP contribution in [0, 0.1) is 5.92 Å². The van der Waals surface area contributed by atoms with E-state index >= 15 is 0 Å². The van der Waals surface area contributed by atoms with Gasteiger partial charge in [-0.15, -0.1) is 0 Å². The van der Waals surface area contributed by atoms with Gasteiger partial charge in [0.15, 0.2) is 5.03 Å². The minimum atomic E-state index is -4.21. The Morgan fingerprint density at radius 2 is 2.17 bits per heavy atom. The van der Waals surface area contributed by atoms with Gasteiger partial charge in [0.1, 0.15) is 5.92 Å². The Kier molecular flexibility index (Phi) is 3.14. The van der Waals surface area contributed by atoms with Crippen molar-refractivity contribution in [2.45, 2.75) is 17.4 Å². The van der Waals surface area contributed by atoms with Gasteiger partial charge in [0.05, 0.1) is 0 Å². The maximum absolute atomic E-state index is 12.6. The van der Waals surface area contributed by atoms with Gasteiger partial charge in [0.25, 0.3) is 15.9 Å². The van der Waals surface area contributed by atoms with Crippen LogP contribution in [0.3, 0.4) is 0 Å². The molecule has 0 aromatic carbocycles. The molecule has 18 heavy (non-hydrogen) atoms. The second-order valence-corrected chi connectivity index (χ2v) is 6.34. The second-order valence-electron chi connectivity index (χ2n) is 3.80. The molecule has 0 radical (unpaired) electrons. The summed E-state index contributed by atoms with van der Waals surface area (Å²) in [5.41, 5.74) is 0. The predicted octanol–water partition coefficient (Wildman–Crippen LogP) is 1.30. The van der Waals surface area contributed by atoms with E-state index in [-0.39, 0.29) is 0 Å². The molecule has 1 aromatic rings. The molecule has 0 saturated heterocycles. The Morgan fingerprint density at radius 3 is 2.67 bits per heavy atom. The molecule has 5 nitrogen and oxygen atoms in total. The van der Waals surface area contributed by atoms with Crippen molar-refractivity contribution in [3.63, 3.8) is 0 Å². The van der Waals surface area contributed by atoms with E-state index in [9.17, 15) is 22.0 Å². The Labute approximate surface area is 110 Å². The van der Waals surface area contributed by atoms with Gasteiger partial charge >= 0.3 is 0 Å². The zero-order chi connectivity index (χ0) is 13.6. The lowest BCUT2D eigenvalue weighted by atomic mass is 10.4. The van der Waals surface area contributed by atoms with E-state index in [1.54, 1.807) is 4.72 Å². The van der Waals surface area contributed by atoms with Gasteiger partial charge in [0.2, 0.25) is 5.91 Å². The van der Waals surface area contributed by atoms with Gasteiger partial charge in [-0.3, -0.25) is 4.79 Å². The van der Waals surface area contributed by atoms with Gasteiger partial charge in [-0.2, -0.15) is 8.42 Å². The Balaban J connectivity index is 2.16. The third-order valence-corrected chi connectivity index (χ3v) is 4.09. The topological polar surface area (TPSA) is 76.1 Å². The quantitative estimate of drug-likeness (QED) is 0.899. The number of alkyl halides is 2. The second kappa shape index (κ2) is 4.23. The number of halogens is 3. The van der Waals surface area contributed by atoms with E-state index in [1.165, 1.54) is 18.3 Å². The highest BCUT2D eigenvalue weighted by Crippen LogP contribution is 2.48. The summed E-state index contributed by atoms with van der Waals surface area (Å²) in [5.74, 6) is -5.88. The summed E-state index contributed by atoms with van der Waals surface area (Å²) < 4.78 is 50.6. The molecular formula is C9H7BrF2N2O3S. The van der Waals surface area contributed by atoms with Crippen molar-refractivity contribution >= 4 is 31.9 Å². The number of aromatic nitrogens is 1. The average molecular weight is 341 g/mol. The molecular weight excluding hydrogens is 334 g/mol. The van der Waals surface area contributed by atoms with Crippen LogP contribution in [-0.2, 0) is 14.8 Å². The maximum atomic E-state index is 12.6. The first-order valence-electron chi connectivity index (χ1n) is 4.78. The molecule has 9 heteroatoms. The van der Waals surface area contributed by atoms with Crippen LogP contribution in [0.4, 0.5) is 8.78 Å². The fraction of sp³-hybridized carbons (Fsp3) is 0.333. The number of hydrogen-bond acceptors (Lipinski definition) is 4. The molecule has 1 amide bonds. The zero-order valence-electron chi connectivity index (χ0n) is 8.73. The molecule has 1 N–H and O–H groups in total. The molecule has 1 aliphatic carbocycles. The molecule has 1 atom stereocenters. The van der Waals surface area contributed by atoms with Crippen LogP contribution in [0.2, 0.25) is 0 Å². The molecule has 1 heterocycles. The number of carbonyl (C=O) groups is 1. The van der Waals surface area contributed by atoms with E-state index in [2.05, 4.69) is 20.9 Å². The van der Waals surface area contributed by atoms with Crippen molar-refractivity contribution in [1.82, 2.24) is 9.71 Å². The van der Waals surface area contributed by atoms with Crippen LogP contribution in [0.1, 0.15) is 6.42 Å². The summed E-state index contributed by atoms with van der Waals surface area (Å²) in [5, 5.41) is -0.408. The van der Waals surface area contributed by atoms with E-state index in [0.717, 1.165) is 0 Å². The average Bonchev–Trinajstić information content (AvgIpc) is 2.87. The first-order chi connectivity index (χ1) is 8.22. The Bertz CT molecular complexity index is 606. The van der Waals surface area contributed by atoms with Gasteiger partial charge in [0, 0.05) is 17.1 Å². The summed E-state index contributed by atoms with van der Waals surface area (Å²) >= 11 is 3.04. The zero-order valence-corrected chi connectivity index (χ0v) is 11.1. The van der Waals surface area contributed by atoms with Crippen LogP contribution < -0.4 is 4.72 Å². The summed E-state index contributed by atoms with van der Waals surface area (Å²) in [6.07, 6.45) is 0.592. The lowest BCUT2D eigenvalue weighted by Crippen LogP contribution is -2.33. The number of sulfonamides is 1. The molecule has 98 valence electrons. The van der Waals surface area contributed by atoms with Gasteiger partial charge in [-0.25, -0.2) is 18.5 Å². The number of pyridine rings is 1. The molecule has 1 unspecified atom stereocenters. The Morgan fingerprint density at radius 1 is 1.56 bits per heavy atom. The number of carbonyl (C=O) groups excluding carboxylic acids is 1. The first-order valence-corrected chi connectivity index (χ1v) is 7.06. The molecule has 0 aliphatic heterocycles. The summed E-state index contributed by atoms with van der Waals surface area (Å²) in [4.78, 5) is 14.8. The number of nitrogens with zero attached hydrogens (tertiary/aromatic N) is 1. The summed E-state index contributed by atoms with van der Waals surface area (Å²) in [6.45, 7) is 0. The molecule has 1 aromatic heterocycles. The lowest BCUT2D eigenvalue weighted by Gasteiger charge is -2.05. The number of nitrogens with one attached hydrogen (secondary N) is 1. The number of hydrogen-bond donors (Lipinski definition) is 1. The first kappa shape index (κ1) is 13.3. The van der Waals surface area contributed by atoms with Gasteiger partial charge in [-0.05, 0) is 12.1 Å². The van der Waals surface area contributed by atoms with Crippen molar-refractivity contribution in [3.8, 4) is 0 Å². The van der Waals surface area contributed by atoms with E-state index < -0.39 is 39.2 Å². The minimum absolute atomic E-state index is 0.408. The van der Waals surface area contributed by atoms with Crippen molar-refractivity contribution < 1.29 is 22.0 Å². The lowest BCUT2D eigenvalue weighted by molar-refractivity contribution is -0.122. The SMILES string of the molecule is O=C(NS(=O)(=O)c1cc(Br)ccn1)C1CC1(F)F. The minimum Gasteiger partial charge on any atom is -0.273 e. The molecule has 1 saturated carbocycles. The van der Waals surface area contributed by atoms with E-state index in [4.69, 9.17) is 0 Å². The van der Waals surface area contributed by atoms with Crippen LogP contribution in [0.15, 0.2) is 27.8 Å². The largest absolute Gasteiger partial charge is 0.281 e. The molecule has 1 fully saturated rings. The van der Waals surface area contributed by atoms with Crippen molar-refractivity contribution in [3.05, 3.63) is 22.8 Å². The predicted molar refractivity (Wildman–Crippen MR) is 60.3 cm³/mol. The fourth-order valence-electron chi connectivity index (χ4n) is 1.29. The van der Waals surface area contributed by atoms with Gasteiger partial charge < -0.3 is 0 Å². The molecule has 0 spiro atoms. The highest BCUT2D eigenvalue weighted by Gasteiger charge is 2.61. The fourth-order valence-corrected chi connectivity index (χ4v) is 2.77. The van der Waals surface area contributed by atoms with Gasteiger partial charge in [-0.1, -0.05) is 15.9 Å². The van der Waals surface area contributed by atoms with Crippen LogP contribution in [0.5, 0.6) is 0 Å². The molecule has 1 aliphatic rings. The maximum Gasteiger partial charge on any atom is 0.281 e. The van der Waals surface area contributed by atoms with Crippen LogP contribution in [-0.4, -0.2) is 25.2 Å². The van der Waals surface area contributed by atoms with Crippen molar-refractivity contribution in [2.75, 3.05) is 0 Å². The highest BCUT2D eigenvalue weighted by molar-refractivity contribution is 9.10. The van der Waals surface area contributed by atoms with E-state index in [0.29, 0.717) is 4.47 Å². The highest BCUT2D eigenvalue weighted by atomic mass is 79.9. The summed E-state index contributed by atoms with van der Waals surface area (Å²) in [6, 6.07) is 2.66. The smallest absolute Gasteiger partial charge is 0.273 e. The van der Waals surface area contributed by atoms with Crippen LogP contribution >= 0.6 is 15.9 Å². The van der Waals surface area contributed by atoms with Crippen molar-refractivity contribution in [2.24, 2.45) is 5.92 Å².